The van der Waals surface area contributed by atoms with E-state index in [1.54, 1.807) is 0 Å². The third-order valence-corrected chi connectivity index (χ3v) is 6.03. The molecule has 0 spiro atoms. The molecular weight excluding hydrogens is 441 g/mol. The van der Waals surface area contributed by atoms with Crippen LogP contribution in [0.5, 0.6) is 0 Å². The summed E-state index contributed by atoms with van der Waals surface area (Å²) in [5.74, 6) is -1.64. The van der Waals surface area contributed by atoms with Gasteiger partial charge in [-0.2, -0.15) is 22.7 Å². The van der Waals surface area contributed by atoms with Crippen LogP contribution in [0.3, 0.4) is 0 Å². The molecule has 0 radical (unpaired) electrons. The summed E-state index contributed by atoms with van der Waals surface area (Å²) in [6.45, 7) is -0.918. The fraction of sp³-hybridized carbons (Fsp3) is 0.294. The minimum atomic E-state index is -4.22. The first kappa shape index (κ1) is 21.0. The minimum Gasteiger partial charge on any atom is -0.377 e. The van der Waals surface area contributed by atoms with Crippen LogP contribution in [0.4, 0.5) is 13.2 Å². The fourth-order valence-corrected chi connectivity index (χ4v) is 4.22. The van der Waals surface area contributed by atoms with Gasteiger partial charge in [-0.25, -0.2) is 13.2 Å². The maximum atomic E-state index is 13.8. The number of alkyl halides is 2. The van der Waals surface area contributed by atoms with Crippen LogP contribution in [-0.2, 0) is 34.5 Å². The number of carbonyl (C=O) groups excluding carboxylic acids is 1. The number of hydrogen-bond acceptors (Lipinski definition) is 7. The Morgan fingerprint density at radius 1 is 1.23 bits per heavy atom. The van der Waals surface area contributed by atoms with Crippen molar-refractivity contribution in [2.75, 3.05) is 0 Å². The zero-order valence-corrected chi connectivity index (χ0v) is 16.5. The first-order valence-corrected chi connectivity index (χ1v) is 10.3. The predicted octanol–water partition coefficient (Wildman–Crippen LogP) is 0.692. The second-order valence-electron chi connectivity index (χ2n) is 6.71. The van der Waals surface area contributed by atoms with E-state index in [9.17, 15) is 31.5 Å². The summed E-state index contributed by atoms with van der Waals surface area (Å²) in [6, 6.07) is 3.47. The van der Waals surface area contributed by atoms with Crippen LogP contribution in [0.15, 0.2) is 41.8 Å². The molecule has 1 atom stereocenters. The molecule has 0 bridgehead atoms. The number of amides is 1. The van der Waals surface area contributed by atoms with Crippen molar-refractivity contribution in [1.29, 1.82) is 0 Å². The van der Waals surface area contributed by atoms with Gasteiger partial charge in [0.2, 0.25) is 0 Å². The van der Waals surface area contributed by atoms with Gasteiger partial charge in [0.25, 0.3) is 12.3 Å². The molecule has 14 heteroatoms. The van der Waals surface area contributed by atoms with Gasteiger partial charge >= 0.3 is 10.0 Å². The van der Waals surface area contributed by atoms with Crippen molar-refractivity contribution in [3.63, 3.8) is 0 Å². The average Bonchev–Trinajstić information content (AvgIpc) is 3.41. The fourth-order valence-electron chi connectivity index (χ4n) is 3.11. The first-order chi connectivity index (χ1) is 14.7. The van der Waals surface area contributed by atoms with E-state index in [1.807, 2.05) is 0 Å². The number of aliphatic hydroxyl groups excluding tert-OH is 1. The smallest absolute Gasteiger partial charge is 0.302 e. The number of carbonyl (C=O) groups is 1. The van der Waals surface area contributed by atoms with Crippen LogP contribution >= 0.6 is 0 Å². The molecule has 1 N–H and O–H groups in total. The van der Waals surface area contributed by atoms with Crippen molar-refractivity contribution in [3.8, 4) is 0 Å². The molecule has 4 rings (SSSR count). The van der Waals surface area contributed by atoms with E-state index >= 15 is 0 Å². The first-order valence-electron chi connectivity index (χ1n) is 8.88. The second-order valence-corrected chi connectivity index (χ2v) is 8.46. The maximum absolute atomic E-state index is 13.8. The van der Waals surface area contributed by atoms with Gasteiger partial charge in [-0.15, -0.1) is 0 Å². The van der Waals surface area contributed by atoms with E-state index in [0.717, 1.165) is 23.0 Å². The molecule has 3 aromatic heterocycles. The number of rotatable bonds is 6. The van der Waals surface area contributed by atoms with Crippen LogP contribution in [0.2, 0.25) is 0 Å². The largest absolute Gasteiger partial charge is 0.377 e. The van der Waals surface area contributed by atoms with E-state index in [-0.39, 0.29) is 18.8 Å². The van der Waals surface area contributed by atoms with E-state index in [0.29, 0.717) is 9.65 Å². The number of halogens is 3. The summed E-state index contributed by atoms with van der Waals surface area (Å²) in [4.78, 5) is 17.4. The summed E-state index contributed by atoms with van der Waals surface area (Å²) in [5, 5.41) is 17.3. The van der Waals surface area contributed by atoms with Gasteiger partial charge < -0.3 is 10.0 Å². The Kier molecular flexibility index (Phi) is 5.26. The SMILES string of the molecule is O=C(C(O)c1ncccc1F)N1Cc2cn(S(=O)(=O)c3ccn(CC(F)F)n3)nc2C1. The van der Waals surface area contributed by atoms with Crippen molar-refractivity contribution >= 4 is 15.9 Å². The number of aromatic nitrogens is 5. The summed E-state index contributed by atoms with van der Waals surface area (Å²) in [6.07, 6.45) is -0.972. The van der Waals surface area contributed by atoms with Gasteiger partial charge in [-0.05, 0) is 18.2 Å². The van der Waals surface area contributed by atoms with E-state index < -0.39 is 51.5 Å². The van der Waals surface area contributed by atoms with Crippen LogP contribution in [0, 0.1) is 5.82 Å². The summed E-state index contributed by atoms with van der Waals surface area (Å²) in [5.41, 5.74) is 0.249. The van der Waals surface area contributed by atoms with Gasteiger partial charge in [0.05, 0.1) is 12.2 Å². The molecule has 0 fully saturated rings. The van der Waals surface area contributed by atoms with Crippen LogP contribution in [0.25, 0.3) is 0 Å². The third kappa shape index (κ3) is 3.90. The van der Waals surface area contributed by atoms with Crippen molar-refractivity contribution in [1.82, 2.24) is 28.9 Å². The van der Waals surface area contributed by atoms with Gasteiger partial charge in [0.1, 0.15) is 18.1 Å². The molecule has 10 nitrogen and oxygen atoms in total. The number of fused-ring (bicyclic) bond motifs is 1. The molecule has 164 valence electrons. The molecule has 4 heterocycles. The Morgan fingerprint density at radius 3 is 2.68 bits per heavy atom. The van der Waals surface area contributed by atoms with E-state index in [2.05, 4.69) is 15.2 Å². The zero-order valence-electron chi connectivity index (χ0n) is 15.6. The quantitative estimate of drug-likeness (QED) is 0.579. The average molecular weight is 456 g/mol. The molecule has 1 aliphatic heterocycles. The zero-order chi connectivity index (χ0) is 22.3. The molecule has 1 amide bonds. The van der Waals surface area contributed by atoms with Crippen molar-refractivity contribution in [2.45, 2.75) is 37.2 Å². The Labute approximate surface area is 173 Å². The van der Waals surface area contributed by atoms with Crippen molar-refractivity contribution < 1.29 is 31.5 Å². The normalized spacial score (nSPS) is 14.8. The summed E-state index contributed by atoms with van der Waals surface area (Å²) in [7, 11) is -4.22. The van der Waals surface area contributed by atoms with Crippen LogP contribution < -0.4 is 0 Å². The Hall–Kier alpha value is -3.26. The van der Waals surface area contributed by atoms with Crippen molar-refractivity contribution in [3.05, 3.63) is 59.6 Å². The molecule has 0 aliphatic carbocycles. The van der Waals surface area contributed by atoms with Gasteiger partial charge in [-0.1, -0.05) is 0 Å². The van der Waals surface area contributed by atoms with Crippen LogP contribution in [-0.4, -0.2) is 54.7 Å². The maximum Gasteiger partial charge on any atom is 0.302 e. The highest BCUT2D eigenvalue weighted by atomic mass is 32.2. The highest BCUT2D eigenvalue weighted by Crippen LogP contribution is 2.27. The van der Waals surface area contributed by atoms with E-state index in [1.165, 1.54) is 23.4 Å². The molecule has 3 aromatic rings. The molecule has 0 saturated heterocycles. The topological polar surface area (TPSA) is 123 Å². The lowest BCUT2D eigenvalue weighted by Gasteiger charge is -2.19. The Bertz CT molecular complexity index is 1220. The second kappa shape index (κ2) is 7.77. The third-order valence-electron chi connectivity index (χ3n) is 4.60. The summed E-state index contributed by atoms with van der Waals surface area (Å²) >= 11 is 0. The van der Waals surface area contributed by atoms with Gasteiger partial charge in [-0.3, -0.25) is 14.5 Å². The molecule has 0 aromatic carbocycles. The standard InChI is InChI=1S/C17H15F3N6O4S/c18-11-2-1-4-21-15(11)16(27)17(28)24-6-10-7-26(22-12(10)8-24)31(29,30)14-3-5-25(23-14)9-13(19)20/h1-5,7,13,16,27H,6,8-9H2. The predicted molar refractivity (Wildman–Crippen MR) is 96.5 cm³/mol. The number of hydrogen-bond donors (Lipinski definition) is 1. The molecule has 0 saturated carbocycles. The Balaban J connectivity index is 1.50. The monoisotopic (exact) mass is 456 g/mol. The molecular formula is C17H15F3N6O4S. The van der Waals surface area contributed by atoms with E-state index in [4.69, 9.17) is 0 Å². The highest BCUT2D eigenvalue weighted by Gasteiger charge is 2.34. The number of pyridine rings is 1. The van der Waals surface area contributed by atoms with Gasteiger partial charge in [0, 0.05) is 30.7 Å². The van der Waals surface area contributed by atoms with Gasteiger partial charge in [0.15, 0.2) is 11.1 Å². The minimum absolute atomic E-state index is 0.0605. The highest BCUT2D eigenvalue weighted by molar-refractivity contribution is 7.89. The molecule has 31 heavy (non-hydrogen) atoms. The Morgan fingerprint density at radius 2 is 2.00 bits per heavy atom. The van der Waals surface area contributed by atoms with Crippen molar-refractivity contribution in [2.24, 2.45) is 0 Å². The molecule has 1 aliphatic rings. The lowest BCUT2D eigenvalue weighted by atomic mass is 10.2. The number of aliphatic hydroxyl groups is 1. The lowest BCUT2D eigenvalue weighted by Crippen LogP contribution is -2.32. The van der Waals surface area contributed by atoms with Crippen LogP contribution in [0.1, 0.15) is 23.1 Å². The summed E-state index contributed by atoms with van der Waals surface area (Å²) < 4.78 is 65.4. The molecule has 1 unspecified atom stereocenters. The number of nitrogens with zero attached hydrogens (tertiary/aromatic N) is 6. The lowest BCUT2D eigenvalue weighted by molar-refractivity contribution is -0.141.